The summed E-state index contributed by atoms with van der Waals surface area (Å²) in [6.07, 6.45) is 0. The summed E-state index contributed by atoms with van der Waals surface area (Å²) in [5.74, 6) is -0.0548. The van der Waals surface area contributed by atoms with Gasteiger partial charge in [0.1, 0.15) is 0 Å². The number of carbonyl (C=O) groups excluding carboxylic acids is 1. The van der Waals surface area contributed by atoms with E-state index < -0.39 is 0 Å². The van der Waals surface area contributed by atoms with Gasteiger partial charge in [0.05, 0.1) is 11.4 Å². The number of aryl methyl sites for hydroxylation is 1. The summed E-state index contributed by atoms with van der Waals surface area (Å²) in [6.45, 7) is 3.54. The summed E-state index contributed by atoms with van der Waals surface area (Å²) < 4.78 is 3.33. The molecule has 1 amide bonds. The van der Waals surface area contributed by atoms with E-state index in [2.05, 4.69) is 104 Å². The number of carbonyl (C=O) groups is 1. The van der Waals surface area contributed by atoms with Crippen molar-refractivity contribution in [3.63, 3.8) is 0 Å². The molecule has 0 radical (unpaired) electrons. The Hall–Kier alpha value is -3.15. The first-order valence-electron chi connectivity index (χ1n) is 11.0. The van der Waals surface area contributed by atoms with Gasteiger partial charge in [-0.2, -0.15) is 0 Å². The molecule has 0 aliphatic heterocycles. The Balaban J connectivity index is 1.78. The summed E-state index contributed by atoms with van der Waals surface area (Å²) in [4.78, 5) is 14.8. The highest BCUT2D eigenvalue weighted by molar-refractivity contribution is 9.10. The molecule has 0 atom stereocenters. The lowest BCUT2D eigenvalue weighted by molar-refractivity contribution is 0.0951. The molecule has 0 aliphatic carbocycles. The second-order valence-corrected chi connectivity index (χ2v) is 9.29. The standard InChI is InChI=1S/C28H28BrN3O/c1-20-7-4-5-10-25(20)32-26(21-11-13-24(29)14-12-21)15-16-27(32)22-8-6-9-23(19-22)28(33)30-17-18-31(2)3/h4-16,19H,17-18H2,1-3H3,(H,30,33). The van der Waals surface area contributed by atoms with Gasteiger partial charge in [-0.1, -0.05) is 58.4 Å². The van der Waals surface area contributed by atoms with E-state index >= 15 is 0 Å². The molecule has 0 saturated carbocycles. The van der Waals surface area contributed by atoms with Crippen LogP contribution in [0.4, 0.5) is 0 Å². The highest BCUT2D eigenvalue weighted by Gasteiger charge is 2.16. The molecule has 0 aliphatic rings. The predicted molar refractivity (Wildman–Crippen MR) is 140 cm³/mol. The van der Waals surface area contributed by atoms with E-state index in [9.17, 15) is 4.79 Å². The van der Waals surface area contributed by atoms with Crippen LogP contribution in [-0.2, 0) is 0 Å². The normalized spacial score (nSPS) is 11.1. The molecule has 0 spiro atoms. The van der Waals surface area contributed by atoms with Gasteiger partial charge in [-0.3, -0.25) is 4.79 Å². The maximum absolute atomic E-state index is 12.7. The molecule has 1 heterocycles. The minimum Gasteiger partial charge on any atom is -0.351 e. The van der Waals surface area contributed by atoms with Crippen molar-refractivity contribution in [3.8, 4) is 28.2 Å². The third-order valence-electron chi connectivity index (χ3n) is 5.64. The average Bonchev–Trinajstić information content (AvgIpc) is 3.24. The van der Waals surface area contributed by atoms with Crippen LogP contribution in [0, 0.1) is 6.92 Å². The molecule has 1 N–H and O–H groups in total. The fourth-order valence-electron chi connectivity index (χ4n) is 3.90. The van der Waals surface area contributed by atoms with Crippen LogP contribution in [-0.4, -0.2) is 42.6 Å². The summed E-state index contributed by atoms with van der Waals surface area (Å²) in [6, 6.07) is 28.9. The van der Waals surface area contributed by atoms with E-state index in [1.165, 1.54) is 5.56 Å². The van der Waals surface area contributed by atoms with E-state index in [1.54, 1.807) is 0 Å². The van der Waals surface area contributed by atoms with E-state index in [1.807, 2.05) is 32.3 Å². The average molecular weight is 502 g/mol. The number of likely N-dealkylation sites (N-methyl/N-ethyl adjacent to an activating group) is 1. The zero-order valence-electron chi connectivity index (χ0n) is 19.2. The van der Waals surface area contributed by atoms with Crippen LogP contribution in [0.1, 0.15) is 15.9 Å². The fourth-order valence-corrected chi connectivity index (χ4v) is 4.16. The highest BCUT2D eigenvalue weighted by Crippen LogP contribution is 2.34. The number of hydrogen-bond donors (Lipinski definition) is 1. The molecule has 5 heteroatoms. The predicted octanol–water partition coefficient (Wildman–Crippen LogP) is 6.17. The first kappa shape index (κ1) is 23.0. The van der Waals surface area contributed by atoms with Crippen molar-refractivity contribution >= 4 is 21.8 Å². The van der Waals surface area contributed by atoms with Crippen LogP contribution in [0.15, 0.2) is 89.4 Å². The molecule has 33 heavy (non-hydrogen) atoms. The Morgan fingerprint density at radius 2 is 1.58 bits per heavy atom. The Morgan fingerprint density at radius 1 is 0.879 bits per heavy atom. The molecule has 4 nitrogen and oxygen atoms in total. The van der Waals surface area contributed by atoms with E-state index in [0.29, 0.717) is 12.1 Å². The minimum atomic E-state index is -0.0548. The lowest BCUT2D eigenvalue weighted by atomic mass is 10.1. The van der Waals surface area contributed by atoms with Crippen LogP contribution in [0.3, 0.4) is 0 Å². The quantitative estimate of drug-likeness (QED) is 0.328. The van der Waals surface area contributed by atoms with Gasteiger partial charge in [0.25, 0.3) is 5.91 Å². The molecule has 0 fully saturated rings. The number of hydrogen-bond acceptors (Lipinski definition) is 2. The Labute approximate surface area is 204 Å². The summed E-state index contributed by atoms with van der Waals surface area (Å²) in [5, 5.41) is 3.01. The number of benzene rings is 3. The Kier molecular flexibility index (Phi) is 7.11. The Bertz CT molecular complexity index is 1260. The van der Waals surface area contributed by atoms with Gasteiger partial charge >= 0.3 is 0 Å². The van der Waals surface area contributed by atoms with Crippen molar-refractivity contribution in [1.82, 2.24) is 14.8 Å². The third-order valence-corrected chi connectivity index (χ3v) is 6.17. The minimum absolute atomic E-state index is 0.0548. The van der Waals surface area contributed by atoms with Gasteiger partial charge in [-0.05, 0) is 80.2 Å². The van der Waals surface area contributed by atoms with Gasteiger partial charge in [0.2, 0.25) is 0 Å². The molecule has 3 aromatic carbocycles. The van der Waals surface area contributed by atoms with Crippen LogP contribution >= 0.6 is 15.9 Å². The molecule has 4 rings (SSSR count). The van der Waals surface area contributed by atoms with Crippen molar-refractivity contribution < 1.29 is 4.79 Å². The molecule has 168 valence electrons. The lowest BCUT2D eigenvalue weighted by Gasteiger charge is -2.17. The molecule has 0 saturated heterocycles. The number of nitrogens with one attached hydrogen (secondary N) is 1. The summed E-state index contributed by atoms with van der Waals surface area (Å²) in [7, 11) is 3.99. The second kappa shape index (κ2) is 10.2. The van der Waals surface area contributed by atoms with Crippen LogP contribution < -0.4 is 5.32 Å². The van der Waals surface area contributed by atoms with Crippen molar-refractivity contribution in [2.75, 3.05) is 27.2 Å². The number of para-hydroxylation sites is 1. The van der Waals surface area contributed by atoms with Gasteiger partial charge in [0.15, 0.2) is 0 Å². The number of amides is 1. The number of halogens is 1. The van der Waals surface area contributed by atoms with E-state index in [-0.39, 0.29) is 5.91 Å². The van der Waals surface area contributed by atoms with Gasteiger partial charge < -0.3 is 14.8 Å². The largest absolute Gasteiger partial charge is 0.351 e. The number of rotatable bonds is 7. The number of aromatic nitrogens is 1. The summed E-state index contributed by atoms with van der Waals surface area (Å²) in [5.41, 5.74) is 7.25. The molecule has 1 aromatic heterocycles. The zero-order chi connectivity index (χ0) is 23.4. The van der Waals surface area contributed by atoms with Crippen molar-refractivity contribution in [1.29, 1.82) is 0 Å². The van der Waals surface area contributed by atoms with Crippen molar-refractivity contribution in [2.45, 2.75) is 6.92 Å². The SMILES string of the molecule is Cc1ccccc1-n1c(-c2ccc(Br)cc2)ccc1-c1cccc(C(=O)NCCN(C)C)c1. The first-order chi connectivity index (χ1) is 15.9. The van der Waals surface area contributed by atoms with Gasteiger partial charge in [-0.25, -0.2) is 0 Å². The van der Waals surface area contributed by atoms with E-state index in [4.69, 9.17) is 0 Å². The molecule has 0 bridgehead atoms. The third kappa shape index (κ3) is 5.27. The fraction of sp³-hybridized carbons (Fsp3) is 0.179. The molecular formula is C28H28BrN3O. The lowest BCUT2D eigenvalue weighted by Crippen LogP contribution is -2.31. The molecule has 4 aromatic rings. The van der Waals surface area contributed by atoms with Gasteiger partial charge in [-0.15, -0.1) is 0 Å². The maximum Gasteiger partial charge on any atom is 0.251 e. The van der Waals surface area contributed by atoms with Crippen molar-refractivity contribution in [2.24, 2.45) is 0 Å². The summed E-state index contributed by atoms with van der Waals surface area (Å²) >= 11 is 3.53. The molecular weight excluding hydrogens is 474 g/mol. The second-order valence-electron chi connectivity index (χ2n) is 8.37. The van der Waals surface area contributed by atoms with Gasteiger partial charge in [0, 0.05) is 28.8 Å². The monoisotopic (exact) mass is 501 g/mol. The van der Waals surface area contributed by atoms with Crippen LogP contribution in [0.2, 0.25) is 0 Å². The maximum atomic E-state index is 12.7. The number of nitrogens with zero attached hydrogens (tertiary/aromatic N) is 2. The van der Waals surface area contributed by atoms with Crippen molar-refractivity contribution in [3.05, 3.63) is 101 Å². The smallest absolute Gasteiger partial charge is 0.251 e. The topological polar surface area (TPSA) is 37.3 Å². The van der Waals surface area contributed by atoms with Crippen LogP contribution in [0.5, 0.6) is 0 Å². The highest BCUT2D eigenvalue weighted by atomic mass is 79.9. The van der Waals surface area contributed by atoms with E-state index in [0.717, 1.165) is 39.2 Å². The van der Waals surface area contributed by atoms with Crippen LogP contribution in [0.25, 0.3) is 28.2 Å². The Morgan fingerprint density at radius 3 is 2.27 bits per heavy atom. The zero-order valence-corrected chi connectivity index (χ0v) is 20.8. The first-order valence-corrected chi connectivity index (χ1v) is 11.8. The molecule has 0 unspecified atom stereocenters.